The summed E-state index contributed by atoms with van der Waals surface area (Å²) in [6, 6.07) is 5.90. The smallest absolute Gasteiger partial charge is 0.260 e. The van der Waals surface area contributed by atoms with Gasteiger partial charge in [-0.2, -0.15) is 0 Å². The van der Waals surface area contributed by atoms with Crippen molar-refractivity contribution in [3.63, 3.8) is 0 Å². The van der Waals surface area contributed by atoms with Gasteiger partial charge in [0, 0.05) is 44.4 Å². The summed E-state index contributed by atoms with van der Waals surface area (Å²) in [5.74, 6) is 1.34. The van der Waals surface area contributed by atoms with Crippen LogP contribution in [0.2, 0.25) is 5.02 Å². The summed E-state index contributed by atoms with van der Waals surface area (Å²) in [7, 11) is 1.74. The van der Waals surface area contributed by atoms with Crippen molar-refractivity contribution in [2.24, 2.45) is 5.92 Å². The van der Waals surface area contributed by atoms with E-state index in [1.807, 2.05) is 24.0 Å². The van der Waals surface area contributed by atoms with Crippen molar-refractivity contribution in [2.75, 3.05) is 46.5 Å². The van der Waals surface area contributed by atoms with Crippen LogP contribution in [0.5, 0.6) is 5.75 Å². The summed E-state index contributed by atoms with van der Waals surface area (Å²) >= 11 is 5.96. The quantitative estimate of drug-likeness (QED) is 0.776. The number of amides is 1. The third-order valence-corrected chi connectivity index (χ3v) is 5.49. The monoisotopic (exact) mass is 366 g/mol. The zero-order chi connectivity index (χ0) is 17.8. The van der Waals surface area contributed by atoms with Gasteiger partial charge >= 0.3 is 0 Å². The number of rotatable bonds is 6. The fraction of sp³-hybridized carbons (Fsp3) is 0.632. The highest BCUT2D eigenvalue weighted by Gasteiger charge is 2.36. The lowest BCUT2D eigenvalue weighted by Gasteiger charge is -2.35. The van der Waals surface area contributed by atoms with Gasteiger partial charge in [0.05, 0.1) is 6.61 Å². The number of aryl methyl sites for hydroxylation is 1. The zero-order valence-corrected chi connectivity index (χ0v) is 15.8. The molecule has 3 aliphatic rings. The van der Waals surface area contributed by atoms with Crippen molar-refractivity contribution in [1.29, 1.82) is 0 Å². The third-order valence-electron chi connectivity index (χ3n) is 5.25. The molecule has 2 atom stereocenters. The topological polar surface area (TPSA) is 42.0 Å². The molecule has 0 spiro atoms. The van der Waals surface area contributed by atoms with Gasteiger partial charge in [-0.05, 0) is 49.4 Å². The standard InChI is InChI=1S/C19H27ClN2O3/c1-14-9-16(20)4-6-18(14)25-13-19(23)22-11-15-3-5-17(12-22)21(10-15)7-8-24-2/h4,6,9,15,17H,3,5,7-8,10-13H2,1-2H3/t15-,17-/m0/s1. The van der Waals surface area contributed by atoms with Crippen LogP contribution in [0.3, 0.4) is 0 Å². The molecule has 1 aromatic rings. The number of halogens is 1. The van der Waals surface area contributed by atoms with Crippen molar-refractivity contribution in [1.82, 2.24) is 9.80 Å². The van der Waals surface area contributed by atoms with E-state index in [0.717, 1.165) is 50.5 Å². The van der Waals surface area contributed by atoms with Crippen molar-refractivity contribution in [3.05, 3.63) is 28.8 Å². The van der Waals surface area contributed by atoms with Crippen LogP contribution in [-0.2, 0) is 9.53 Å². The average molecular weight is 367 g/mol. The molecule has 0 aliphatic carbocycles. The number of nitrogens with zero attached hydrogens (tertiary/aromatic N) is 2. The highest BCUT2D eigenvalue weighted by atomic mass is 35.5. The Kier molecular flexibility index (Phi) is 6.20. The summed E-state index contributed by atoms with van der Waals surface area (Å²) < 4.78 is 11.0. The first-order chi connectivity index (χ1) is 12.1. The molecule has 4 rings (SSSR count). The minimum absolute atomic E-state index is 0.0693. The minimum atomic E-state index is 0.0693. The Balaban J connectivity index is 1.57. The number of carbonyl (C=O) groups excluding carboxylic acids is 1. The Morgan fingerprint density at radius 3 is 2.88 bits per heavy atom. The van der Waals surface area contributed by atoms with Crippen LogP contribution in [0.25, 0.3) is 0 Å². The zero-order valence-electron chi connectivity index (χ0n) is 15.0. The molecule has 3 heterocycles. The van der Waals surface area contributed by atoms with Crippen molar-refractivity contribution >= 4 is 17.5 Å². The maximum absolute atomic E-state index is 12.7. The van der Waals surface area contributed by atoms with Crippen molar-refractivity contribution < 1.29 is 14.3 Å². The molecule has 3 aliphatic heterocycles. The lowest BCUT2D eigenvalue weighted by atomic mass is 9.95. The van der Waals surface area contributed by atoms with E-state index in [1.165, 1.54) is 6.42 Å². The summed E-state index contributed by atoms with van der Waals surface area (Å²) in [5, 5.41) is 0.677. The number of carbonyl (C=O) groups is 1. The van der Waals surface area contributed by atoms with Gasteiger partial charge in [-0.15, -0.1) is 0 Å². The normalized spacial score (nSPS) is 23.6. The molecule has 2 bridgehead atoms. The molecule has 25 heavy (non-hydrogen) atoms. The van der Waals surface area contributed by atoms with Crippen LogP contribution in [0.15, 0.2) is 18.2 Å². The van der Waals surface area contributed by atoms with Gasteiger partial charge in [0.25, 0.3) is 5.91 Å². The maximum Gasteiger partial charge on any atom is 0.260 e. The molecule has 0 radical (unpaired) electrons. The van der Waals surface area contributed by atoms with Crippen molar-refractivity contribution in [2.45, 2.75) is 25.8 Å². The number of hydrogen-bond donors (Lipinski definition) is 0. The molecule has 0 N–H and O–H groups in total. The van der Waals surface area contributed by atoms with E-state index >= 15 is 0 Å². The molecule has 1 aromatic carbocycles. The first kappa shape index (κ1) is 18.5. The minimum Gasteiger partial charge on any atom is -0.483 e. The Morgan fingerprint density at radius 2 is 2.12 bits per heavy atom. The Bertz CT molecular complexity index is 610. The van der Waals surface area contributed by atoms with Gasteiger partial charge < -0.3 is 14.4 Å². The molecule has 1 amide bonds. The average Bonchev–Trinajstić information content (AvgIpc) is 2.91. The van der Waals surface area contributed by atoms with Gasteiger partial charge in [-0.3, -0.25) is 9.69 Å². The third kappa shape index (κ3) is 4.66. The van der Waals surface area contributed by atoms with Gasteiger partial charge in [0.2, 0.25) is 0 Å². The van der Waals surface area contributed by atoms with Crippen LogP contribution >= 0.6 is 11.6 Å². The molecule has 5 nitrogen and oxygen atoms in total. The summed E-state index contributed by atoms with van der Waals surface area (Å²) in [5.41, 5.74) is 0.946. The van der Waals surface area contributed by atoms with Crippen LogP contribution in [0, 0.1) is 12.8 Å². The summed E-state index contributed by atoms with van der Waals surface area (Å²) in [6.07, 6.45) is 2.37. The Labute approximate surface area is 154 Å². The number of piperidine rings is 1. The first-order valence-corrected chi connectivity index (χ1v) is 9.34. The highest BCUT2D eigenvalue weighted by Crippen LogP contribution is 2.28. The highest BCUT2D eigenvalue weighted by molar-refractivity contribution is 6.30. The predicted octanol–water partition coefficient (Wildman–Crippen LogP) is 2.60. The van der Waals surface area contributed by atoms with E-state index in [1.54, 1.807) is 13.2 Å². The largest absolute Gasteiger partial charge is 0.483 e. The molecular formula is C19H27ClN2O3. The predicted molar refractivity (Wildman–Crippen MR) is 98.2 cm³/mol. The van der Waals surface area contributed by atoms with Crippen LogP contribution < -0.4 is 4.74 Å². The molecule has 0 unspecified atom stereocenters. The van der Waals surface area contributed by atoms with E-state index < -0.39 is 0 Å². The van der Waals surface area contributed by atoms with Crippen molar-refractivity contribution in [3.8, 4) is 5.75 Å². The second-order valence-corrected chi connectivity index (χ2v) is 7.52. The van der Waals surface area contributed by atoms with E-state index in [9.17, 15) is 4.79 Å². The second kappa shape index (κ2) is 8.39. The van der Waals surface area contributed by atoms with Gasteiger partial charge in [-0.1, -0.05) is 11.6 Å². The number of ether oxygens (including phenoxy) is 2. The number of fused-ring (bicyclic) bond motifs is 4. The number of methoxy groups -OCH3 is 1. The fourth-order valence-electron chi connectivity index (χ4n) is 3.87. The van der Waals surface area contributed by atoms with Gasteiger partial charge in [0.1, 0.15) is 5.75 Å². The Hall–Kier alpha value is -1.30. The van der Waals surface area contributed by atoms with E-state index in [4.69, 9.17) is 21.1 Å². The van der Waals surface area contributed by atoms with Crippen LogP contribution in [0.4, 0.5) is 0 Å². The molecule has 3 fully saturated rings. The lowest BCUT2D eigenvalue weighted by Crippen LogP contribution is -2.46. The molecule has 0 saturated carbocycles. The lowest BCUT2D eigenvalue weighted by molar-refractivity contribution is -0.133. The number of benzene rings is 1. The van der Waals surface area contributed by atoms with E-state index in [0.29, 0.717) is 17.0 Å². The molecular weight excluding hydrogens is 340 g/mol. The van der Waals surface area contributed by atoms with E-state index in [2.05, 4.69) is 4.90 Å². The van der Waals surface area contributed by atoms with Gasteiger partial charge in [0.15, 0.2) is 6.61 Å². The molecule has 138 valence electrons. The van der Waals surface area contributed by atoms with Gasteiger partial charge in [-0.25, -0.2) is 0 Å². The van der Waals surface area contributed by atoms with Crippen LogP contribution in [0.1, 0.15) is 18.4 Å². The Morgan fingerprint density at radius 1 is 1.28 bits per heavy atom. The SMILES string of the molecule is COCCN1C[C@@H]2CC[C@H]1CN(C(=O)COc1ccc(Cl)cc1C)C2. The summed E-state index contributed by atoms with van der Waals surface area (Å²) in [4.78, 5) is 17.1. The maximum atomic E-state index is 12.7. The van der Waals surface area contributed by atoms with Crippen LogP contribution in [-0.4, -0.2) is 68.3 Å². The second-order valence-electron chi connectivity index (χ2n) is 7.08. The number of hydrogen-bond acceptors (Lipinski definition) is 4. The van der Waals surface area contributed by atoms with E-state index in [-0.39, 0.29) is 12.5 Å². The first-order valence-electron chi connectivity index (χ1n) is 8.96. The molecule has 3 saturated heterocycles. The molecule has 0 aromatic heterocycles. The summed E-state index contributed by atoms with van der Waals surface area (Å²) in [6.45, 7) is 6.40. The molecule has 6 heteroatoms. The fourth-order valence-corrected chi connectivity index (χ4v) is 4.10.